The van der Waals surface area contributed by atoms with Crippen LogP contribution in [0.1, 0.15) is 57.6 Å². The van der Waals surface area contributed by atoms with Gasteiger partial charge in [-0.05, 0) is 40.5 Å². The largest absolute Gasteiger partial charge is 0.480 e. The first-order valence-electron chi connectivity index (χ1n) is 11.8. The van der Waals surface area contributed by atoms with Crippen LogP contribution in [0.4, 0.5) is 4.79 Å². The molecular weight excluding hydrogens is 432 g/mol. The first kappa shape index (κ1) is 25.3. The number of ether oxygens (including phenoxy) is 1. The number of hydrogen-bond acceptors (Lipinski definition) is 4. The van der Waals surface area contributed by atoms with Crippen LogP contribution in [-0.2, 0) is 14.3 Å². The first-order valence-corrected chi connectivity index (χ1v) is 11.8. The molecule has 1 unspecified atom stereocenters. The highest BCUT2D eigenvalue weighted by Crippen LogP contribution is 2.44. The lowest BCUT2D eigenvalue weighted by Gasteiger charge is -2.24. The van der Waals surface area contributed by atoms with E-state index >= 15 is 0 Å². The van der Waals surface area contributed by atoms with Crippen LogP contribution in [-0.4, -0.2) is 41.8 Å². The molecule has 0 radical (unpaired) electrons. The Balaban J connectivity index is 1.59. The molecule has 2 aromatic rings. The second kappa shape index (κ2) is 11.2. The Hall–Kier alpha value is -3.35. The summed E-state index contributed by atoms with van der Waals surface area (Å²) in [6.07, 6.45) is -0.276. The average molecular weight is 467 g/mol. The molecular formula is C27H34N2O5. The van der Waals surface area contributed by atoms with Crippen molar-refractivity contribution in [3.05, 3.63) is 59.7 Å². The maximum atomic E-state index is 12.6. The van der Waals surface area contributed by atoms with Gasteiger partial charge in [0, 0.05) is 18.4 Å². The van der Waals surface area contributed by atoms with Gasteiger partial charge in [-0.15, -0.1) is 0 Å². The SMILES string of the molecule is CC(C)C[C@@H](NC(=O)CC(NC(=O)OCC1c2ccccc2-c2ccccc21)C(C)C)C(=O)O. The van der Waals surface area contributed by atoms with Gasteiger partial charge in [-0.25, -0.2) is 9.59 Å². The fraction of sp³-hybridized carbons (Fsp3) is 0.444. The van der Waals surface area contributed by atoms with E-state index in [1.807, 2.05) is 52.0 Å². The Labute approximate surface area is 200 Å². The summed E-state index contributed by atoms with van der Waals surface area (Å²) >= 11 is 0. The molecule has 3 rings (SSSR count). The Morgan fingerprint density at radius 1 is 0.912 bits per heavy atom. The number of amides is 2. The van der Waals surface area contributed by atoms with Crippen molar-refractivity contribution in [1.82, 2.24) is 10.6 Å². The van der Waals surface area contributed by atoms with Crippen molar-refractivity contribution in [3.8, 4) is 11.1 Å². The van der Waals surface area contributed by atoms with E-state index < -0.39 is 30.1 Å². The predicted molar refractivity (Wildman–Crippen MR) is 130 cm³/mol. The number of benzene rings is 2. The summed E-state index contributed by atoms with van der Waals surface area (Å²) in [5, 5.41) is 14.7. The first-order chi connectivity index (χ1) is 16.2. The molecule has 0 saturated heterocycles. The smallest absolute Gasteiger partial charge is 0.407 e. The van der Waals surface area contributed by atoms with Crippen LogP contribution < -0.4 is 10.6 Å². The monoisotopic (exact) mass is 466 g/mol. The third-order valence-electron chi connectivity index (χ3n) is 6.20. The number of hydrogen-bond donors (Lipinski definition) is 3. The van der Waals surface area contributed by atoms with Gasteiger partial charge >= 0.3 is 12.1 Å². The highest BCUT2D eigenvalue weighted by Gasteiger charge is 2.30. The lowest BCUT2D eigenvalue weighted by Crippen LogP contribution is -2.46. The number of nitrogens with one attached hydrogen (secondary N) is 2. The summed E-state index contributed by atoms with van der Waals surface area (Å²) in [5.74, 6) is -1.44. The van der Waals surface area contributed by atoms with Gasteiger partial charge in [-0.3, -0.25) is 4.79 Å². The number of aliphatic carboxylic acids is 1. The molecule has 0 aliphatic heterocycles. The zero-order chi connectivity index (χ0) is 24.8. The number of rotatable bonds is 10. The van der Waals surface area contributed by atoms with Gasteiger partial charge in [-0.1, -0.05) is 76.2 Å². The van der Waals surface area contributed by atoms with Gasteiger partial charge in [0.1, 0.15) is 12.6 Å². The highest BCUT2D eigenvalue weighted by molar-refractivity contribution is 5.84. The third kappa shape index (κ3) is 6.16. The van der Waals surface area contributed by atoms with Crippen molar-refractivity contribution in [2.75, 3.05) is 6.61 Å². The summed E-state index contributed by atoms with van der Waals surface area (Å²) in [7, 11) is 0. The predicted octanol–water partition coefficient (Wildman–Crippen LogP) is 4.56. The number of carboxylic acids is 1. The number of carbonyl (C=O) groups excluding carboxylic acids is 2. The molecule has 2 aromatic carbocycles. The van der Waals surface area contributed by atoms with Crippen LogP contribution in [0.15, 0.2) is 48.5 Å². The van der Waals surface area contributed by atoms with Gasteiger partial charge in [0.05, 0.1) is 0 Å². The average Bonchev–Trinajstić information content (AvgIpc) is 3.10. The minimum atomic E-state index is -1.06. The lowest BCUT2D eigenvalue weighted by molar-refractivity contribution is -0.142. The summed E-state index contributed by atoms with van der Waals surface area (Å²) < 4.78 is 5.60. The zero-order valence-electron chi connectivity index (χ0n) is 20.2. The maximum Gasteiger partial charge on any atom is 0.407 e. The van der Waals surface area contributed by atoms with Gasteiger partial charge in [0.25, 0.3) is 0 Å². The van der Waals surface area contributed by atoms with Crippen LogP contribution in [0.3, 0.4) is 0 Å². The second-order valence-corrected chi connectivity index (χ2v) is 9.61. The van der Waals surface area contributed by atoms with Gasteiger partial charge in [-0.2, -0.15) is 0 Å². The molecule has 2 atom stereocenters. The fourth-order valence-corrected chi connectivity index (χ4v) is 4.39. The normalized spacial score (nSPS) is 14.3. The van der Waals surface area contributed by atoms with Crippen LogP contribution in [0.2, 0.25) is 0 Å². The van der Waals surface area contributed by atoms with E-state index in [1.165, 1.54) is 0 Å². The van der Waals surface area contributed by atoms with Crippen molar-refractivity contribution in [1.29, 1.82) is 0 Å². The van der Waals surface area contributed by atoms with Crippen LogP contribution >= 0.6 is 0 Å². The summed E-state index contributed by atoms with van der Waals surface area (Å²) in [6.45, 7) is 7.77. The van der Waals surface area contributed by atoms with E-state index in [0.29, 0.717) is 6.42 Å². The number of fused-ring (bicyclic) bond motifs is 3. The Bertz CT molecular complexity index is 988. The van der Waals surface area contributed by atoms with Crippen LogP contribution in [0, 0.1) is 11.8 Å². The standard InChI is InChI=1S/C27H34N2O5/c1-16(2)13-24(26(31)32)28-25(30)14-23(17(3)4)29-27(33)34-15-22-20-11-7-5-9-18(20)19-10-6-8-12-21(19)22/h5-12,16-17,22-24H,13-15H2,1-4H3,(H,28,30)(H,29,33)(H,31,32)/t23?,24-/m1/s1. The molecule has 0 fully saturated rings. The molecule has 2 amide bonds. The zero-order valence-corrected chi connectivity index (χ0v) is 20.2. The van der Waals surface area contributed by atoms with Gasteiger partial charge < -0.3 is 20.5 Å². The van der Waals surface area contributed by atoms with Crippen molar-refractivity contribution in [3.63, 3.8) is 0 Å². The molecule has 0 bridgehead atoms. The molecule has 3 N–H and O–H groups in total. The van der Waals surface area contributed by atoms with E-state index in [0.717, 1.165) is 22.3 Å². The molecule has 0 aromatic heterocycles. The van der Waals surface area contributed by atoms with Crippen molar-refractivity contribution in [2.24, 2.45) is 11.8 Å². The van der Waals surface area contributed by atoms with Crippen LogP contribution in [0.5, 0.6) is 0 Å². The minimum absolute atomic E-state index is 0.0241. The summed E-state index contributed by atoms with van der Waals surface area (Å²) in [6, 6.07) is 14.8. The molecule has 1 aliphatic rings. The molecule has 0 saturated carbocycles. The van der Waals surface area contributed by atoms with Crippen molar-refractivity contribution < 1.29 is 24.2 Å². The molecule has 1 aliphatic carbocycles. The summed E-state index contributed by atoms with van der Waals surface area (Å²) in [5.41, 5.74) is 4.55. The highest BCUT2D eigenvalue weighted by atomic mass is 16.5. The Kier molecular flexibility index (Phi) is 8.31. The van der Waals surface area contributed by atoms with Crippen molar-refractivity contribution in [2.45, 2.75) is 58.5 Å². The minimum Gasteiger partial charge on any atom is -0.480 e. The van der Waals surface area contributed by atoms with Gasteiger partial charge in [0.2, 0.25) is 5.91 Å². The molecule has 182 valence electrons. The second-order valence-electron chi connectivity index (χ2n) is 9.61. The number of carboxylic acid groups (broad SMARTS) is 1. The topological polar surface area (TPSA) is 105 Å². The van der Waals surface area contributed by atoms with E-state index in [2.05, 4.69) is 34.9 Å². The Morgan fingerprint density at radius 2 is 1.47 bits per heavy atom. The van der Waals surface area contributed by atoms with Crippen LogP contribution in [0.25, 0.3) is 11.1 Å². The fourth-order valence-electron chi connectivity index (χ4n) is 4.39. The van der Waals surface area contributed by atoms with Gasteiger partial charge in [0.15, 0.2) is 0 Å². The van der Waals surface area contributed by atoms with E-state index in [4.69, 9.17) is 4.74 Å². The maximum absolute atomic E-state index is 12.6. The van der Waals surface area contributed by atoms with E-state index in [9.17, 15) is 19.5 Å². The molecule has 0 heterocycles. The lowest BCUT2D eigenvalue weighted by atomic mass is 9.98. The quantitative estimate of drug-likeness (QED) is 0.476. The van der Waals surface area contributed by atoms with E-state index in [-0.39, 0.29) is 30.8 Å². The van der Waals surface area contributed by atoms with Crippen molar-refractivity contribution >= 4 is 18.0 Å². The number of alkyl carbamates (subject to hydrolysis) is 1. The molecule has 0 spiro atoms. The molecule has 34 heavy (non-hydrogen) atoms. The molecule has 7 heteroatoms. The third-order valence-corrected chi connectivity index (χ3v) is 6.20. The number of carbonyl (C=O) groups is 3. The molecule has 7 nitrogen and oxygen atoms in total. The Morgan fingerprint density at radius 3 is 1.97 bits per heavy atom. The summed E-state index contributed by atoms with van der Waals surface area (Å²) in [4.78, 5) is 36.6. The van der Waals surface area contributed by atoms with E-state index in [1.54, 1.807) is 0 Å².